The lowest BCUT2D eigenvalue weighted by Crippen LogP contribution is -2.63. The van der Waals surface area contributed by atoms with Gasteiger partial charge in [0.1, 0.15) is 11.7 Å². The predicted octanol–water partition coefficient (Wildman–Crippen LogP) is -1.10. The first-order valence-electron chi connectivity index (χ1n) is 3.82. The van der Waals surface area contributed by atoms with Gasteiger partial charge < -0.3 is 19.7 Å². The van der Waals surface area contributed by atoms with Crippen molar-refractivity contribution < 1.29 is 19.7 Å². The molecule has 2 atom stereocenters. The molecule has 2 aliphatic heterocycles. The molecule has 2 N–H and O–H groups in total. The summed E-state index contributed by atoms with van der Waals surface area (Å²) < 4.78 is 9.86. The van der Waals surface area contributed by atoms with Crippen LogP contribution in [0.3, 0.4) is 0 Å². The second-order valence-corrected chi connectivity index (χ2v) is 3.24. The van der Waals surface area contributed by atoms with Gasteiger partial charge in [0, 0.05) is 6.61 Å². The highest BCUT2D eigenvalue weighted by atomic mass is 16.6. The van der Waals surface area contributed by atoms with Gasteiger partial charge in [-0.15, -0.1) is 0 Å². The van der Waals surface area contributed by atoms with Crippen molar-refractivity contribution in [2.75, 3.05) is 19.8 Å². The Kier molecular flexibility index (Phi) is 1.64. The number of hydrogen-bond acceptors (Lipinski definition) is 4. The summed E-state index contributed by atoms with van der Waals surface area (Å²) in [5.41, 5.74) is -1.04. The van der Waals surface area contributed by atoms with Crippen molar-refractivity contribution in [3.05, 3.63) is 0 Å². The van der Waals surface area contributed by atoms with Gasteiger partial charge in [0.25, 0.3) is 0 Å². The van der Waals surface area contributed by atoms with E-state index in [1.54, 1.807) is 0 Å². The van der Waals surface area contributed by atoms with Crippen LogP contribution in [0.1, 0.15) is 6.42 Å². The molecule has 11 heavy (non-hydrogen) atoms. The summed E-state index contributed by atoms with van der Waals surface area (Å²) in [6.07, 6.45) is -0.113. The van der Waals surface area contributed by atoms with E-state index in [0.717, 1.165) is 6.42 Å². The first-order chi connectivity index (χ1) is 5.22. The number of hydrogen-bond donors (Lipinski definition) is 2. The van der Waals surface area contributed by atoms with Gasteiger partial charge in [-0.1, -0.05) is 0 Å². The Morgan fingerprint density at radius 3 is 2.36 bits per heavy atom. The van der Waals surface area contributed by atoms with Crippen molar-refractivity contribution in [2.45, 2.75) is 24.2 Å². The largest absolute Gasteiger partial charge is 0.387 e. The molecule has 0 bridgehead atoms. The average molecular weight is 160 g/mol. The minimum atomic E-state index is -1.04. The third-order valence-electron chi connectivity index (χ3n) is 2.34. The standard InChI is InChI=1S/C7H12O4/c8-6(5-1-2-11-5)7(9)3-10-4-7/h5-6,8-9H,1-4H2. The molecule has 0 aliphatic carbocycles. The quantitative estimate of drug-likeness (QED) is 0.538. The molecular weight excluding hydrogens is 148 g/mol. The van der Waals surface area contributed by atoms with E-state index in [9.17, 15) is 10.2 Å². The fourth-order valence-corrected chi connectivity index (χ4v) is 1.33. The summed E-state index contributed by atoms with van der Waals surface area (Å²) in [5.74, 6) is 0. The van der Waals surface area contributed by atoms with Crippen LogP contribution in [0.4, 0.5) is 0 Å². The van der Waals surface area contributed by atoms with Crippen LogP contribution in [0.25, 0.3) is 0 Å². The highest BCUT2D eigenvalue weighted by Crippen LogP contribution is 2.28. The molecule has 2 heterocycles. The van der Waals surface area contributed by atoms with E-state index in [1.807, 2.05) is 0 Å². The normalized spacial score (nSPS) is 37.1. The van der Waals surface area contributed by atoms with Crippen molar-refractivity contribution in [3.8, 4) is 0 Å². The Balaban J connectivity index is 1.91. The monoisotopic (exact) mass is 160 g/mol. The minimum Gasteiger partial charge on any atom is -0.387 e. The molecule has 0 amide bonds. The first kappa shape index (κ1) is 7.49. The summed E-state index contributed by atoms with van der Waals surface area (Å²) in [4.78, 5) is 0. The van der Waals surface area contributed by atoms with E-state index in [2.05, 4.69) is 0 Å². The smallest absolute Gasteiger partial charge is 0.139 e. The SMILES string of the molecule is OC(C1CCO1)C1(O)COC1. The summed E-state index contributed by atoms with van der Waals surface area (Å²) in [5, 5.41) is 19.1. The average Bonchev–Trinajstić information content (AvgIpc) is 1.78. The van der Waals surface area contributed by atoms with Crippen LogP contribution in [0.5, 0.6) is 0 Å². The van der Waals surface area contributed by atoms with Gasteiger partial charge in [-0.2, -0.15) is 0 Å². The third-order valence-corrected chi connectivity index (χ3v) is 2.34. The molecule has 2 unspecified atom stereocenters. The van der Waals surface area contributed by atoms with Gasteiger partial charge in [-0.25, -0.2) is 0 Å². The van der Waals surface area contributed by atoms with E-state index < -0.39 is 11.7 Å². The van der Waals surface area contributed by atoms with Gasteiger partial charge >= 0.3 is 0 Å². The Morgan fingerprint density at radius 1 is 1.45 bits per heavy atom. The van der Waals surface area contributed by atoms with E-state index in [0.29, 0.717) is 6.61 Å². The van der Waals surface area contributed by atoms with E-state index in [4.69, 9.17) is 9.47 Å². The molecule has 2 rings (SSSR count). The maximum absolute atomic E-state index is 9.56. The van der Waals surface area contributed by atoms with Crippen LogP contribution in [0.15, 0.2) is 0 Å². The second-order valence-electron chi connectivity index (χ2n) is 3.24. The number of ether oxygens (including phenoxy) is 2. The highest BCUT2D eigenvalue weighted by Gasteiger charge is 2.48. The fourth-order valence-electron chi connectivity index (χ4n) is 1.33. The van der Waals surface area contributed by atoms with Crippen molar-refractivity contribution >= 4 is 0 Å². The zero-order chi connectivity index (χ0) is 7.90. The lowest BCUT2D eigenvalue weighted by Gasteiger charge is -2.45. The summed E-state index contributed by atoms with van der Waals surface area (Å²) >= 11 is 0. The van der Waals surface area contributed by atoms with Crippen LogP contribution in [-0.4, -0.2) is 47.8 Å². The number of aliphatic hydroxyl groups is 2. The minimum absolute atomic E-state index is 0.177. The van der Waals surface area contributed by atoms with Gasteiger partial charge in [0.2, 0.25) is 0 Å². The molecule has 2 aliphatic rings. The van der Waals surface area contributed by atoms with E-state index in [-0.39, 0.29) is 19.3 Å². The zero-order valence-corrected chi connectivity index (χ0v) is 6.19. The Hall–Kier alpha value is -0.160. The summed E-state index contributed by atoms with van der Waals surface area (Å²) in [6, 6.07) is 0. The van der Waals surface area contributed by atoms with Crippen LogP contribution in [-0.2, 0) is 9.47 Å². The summed E-state index contributed by atoms with van der Waals surface area (Å²) in [6.45, 7) is 1.15. The Morgan fingerprint density at radius 2 is 2.09 bits per heavy atom. The molecule has 64 valence electrons. The Bertz CT molecular complexity index is 151. The molecule has 0 aromatic rings. The van der Waals surface area contributed by atoms with E-state index in [1.165, 1.54) is 0 Å². The molecular formula is C7H12O4. The molecule has 0 aromatic carbocycles. The molecule has 2 fully saturated rings. The van der Waals surface area contributed by atoms with Crippen molar-refractivity contribution in [1.29, 1.82) is 0 Å². The number of rotatable bonds is 2. The van der Waals surface area contributed by atoms with Crippen LogP contribution in [0.2, 0.25) is 0 Å². The van der Waals surface area contributed by atoms with Gasteiger partial charge in [0.05, 0.1) is 19.3 Å². The van der Waals surface area contributed by atoms with Crippen molar-refractivity contribution in [2.24, 2.45) is 0 Å². The lowest BCUT2D eigenvalue weighted by atomic mass is 9.88. The predicted molar refractivity (Wildman–Crippen MR) is 36.1 cm³/mol. The topological polar surface area (TPSA) is 58.9 Å². The highest BCUT2D eigenvalue weighted by molar-refractivity contribution is 4.97. The molecule has 4 nitrogen and oxygen atoms in total. The molecule has 4 heteroatoms. The van der Waals surface area contributed by atoms with Gasteiger partial charge in [0.15, 0.2) is 0 Å². The van der Waals surface area contributed by atoms with E-state index >= 15 is 0 Å². The van der Waals surface area contributed by atoms with Crippen LogP contribution >= 0.6 is 0 Å². The van der Waals surface area contributed by atoms with Crippen molar-refractivity contribution in [1.82, 2.24) is 0 Å². The maximum Gasteiger partial charge on any atom is 0.139 e. The molecule has 0 spiro atoms. The first-order valence-corrected chi connectivity index (χ1v) is 3.82. The third kappa shape index (κ3) is 1.06. The van der Waals surface area contributed by atoms with Crippen molar-refractivity contribution in [3.63, 3.8) is 0 Å². The molecule has 0 saturated carbocycles. The van der Waals surface area contributed by atoms with Crippen LogP contribution in [0, 0.1) is 0 Å². The molecule has 0 radical (unpaired) electrons. The van der Waals surface area contributed by atoms with Gasteiger partial charge in [-0.3, -0.25) is 0 Å². The fraction of sp³-hybridized carbons (Fsp3) is 1.00. The van der Waals surface area contributed by atoms with Crippen LogP contribution < -0.4 is 0 Å². The number of aliphatic hydroxyl groups excluding tert-OH is 1. The maximum atomic E-state index is 9.56. The summed E-state index contributed by atoms with van der Waals surface area (Å²) in [7, 11) is 0. The molecule has 2 saturated heterocycles. The lowest BCUT2D eigenvalue weighted by molar-refractivity contribution is -0.264. The zero-order valence-electron chi connectivity index (χ0n) is 6.19. The van der Waals surface area contributed by atoms with Gasteiger partial charge in [-0.05, 0) is 6.42 Å². The molecule has 0 aromatic heterocycles. The Labute approximate surface area is 64.7 Å². The second kappa shape index (κ2) is 2.42.